The standard InChI is InChI=1S/C20H19ClFNO3S/c1-26-18-16(21)13(15-8-4-5-9-27-15)10-14(17(18)22)23-19(24)11-6-2-3-7-12(11)20(23)25/h4,8,10,15H,2-3,5-7,9H2,1H3. The molecule has 2 aliphatic heterocycles. The third-order valence-corrected chi connectivity index (χ3v) is 6.84. The number of anilines is 1. The molecule has 4 rings (SSSR count). The van der Waals surface area contributed by atoms with E-state index in [1.165, 1.54) is 13.2 Å². The highest BCUT2D eigenvalue weighted by Gasteiger charge is 2.42. The number of hydrogen-bond donors (Lipinski definition) is 0. The Bertz CT molecular complexity index is 868. The van der Waals surface area contributed by atoms with Crippen molar-refractivity contribution in [2.75, 3.05) is 17.8 Å². The van der Waals surface area contributed by atoms with Gasteiger partial charge < -0.3 is 4.74 Å². The molecule has 0 saturated heterocycles. The number of ether oxygens (including phenoxy) is 1. The number of imide groups is 1. The minimum absolute atomic E-state index is 0.0739. The molecule has 1 aromatic carbocycles. The lowest BCUT2D eigenvalue weighted by Crippen LogP contribution is -2.32. The van der Waals surface area contributed by atoms with Gasteiger partial charge in [0, 0.05) is 16.4 Å². The second-order valence-electron chi connectivity index (χ2n) is 6.76. The van der Waals surface area contributed by atoms with Gasteiger partial charge in [-0.1, -0.05) is 23.8 Å². The number of thioether (sulfide) groups is 1. The van der Waals surface area contributed by atoms with E-state index in [9.17, 15) is 9.59 Å². The molecule has 0 saturated carbocycles. The molecule has 4 nitrogen and oxygen atoms in total. The van der Waals surface area contributed by atoms with E-state index in [4.69, 9.17) is 16.3 Å². The zero-order valence-electron chi connectivity index (χ0n) is 14.9. The zero-order chi connectivity index (χ0) is 19.1. The second-order valence-corrected chi connectivity index (χ2v) is 8.39. The summed E-state index contributed by atoms with van der Waals surface area (Å²) in [6.07, 6.45) is 7.89. The maximum Gasteiger partial charge on any atom is 0.261 e. The van der Waals surface area contributed by atoms with Crippen LogP contribution >= 0.6 is 23.4 Å². The van der Waals surface area contributed by atoms with E-state index in [2.05, 4.69) is 6.08 Å². The number of nitrogens with zero attached hydrogens (tertiary/aromatic N) is 1. The molecule has 1 unspecified atom stereocenters. The summed E-state index contributed by atoms with van der Waals surface area (Å²) in [4.78, 5) is 26.7. The van der Waals surface area contributed by atoms with Crippen LogP contribution in [0.4, 0.5) is 10.1 Å². The smallest absolute Gasteiger partial charge is 0.261 e. The quantitative estimate of drug-likeness (QED) is 0.524. The van der Waals surface area contributed by atoms with E-state index < -0.39 is 17.6 Å². The van der Waals surface area contributed by atoms with Gasteiger partial charge in [0.05, 0.1) is 17.8 Å². The van der Waals surface area contributed by atoms with E-state index in [0.29, 0.717) is 29.6 Å². The van der Waals surface area contributed by atoms with Crippen molar-refractivity contribution in [3.05, 3.63) is 45.8 Å². The molecule has 1 aromatic rings. The van der Waals surface area contributed by atoms with Crippen molar-refractivity contribution in [3.63, 3.8) is 0 Å². The molecule has 0 N–H and O–H groups in total. The summed E-state index contributed by atoms with van der Waals surface area (Å²) in [6, 6.07) is 1.53. The molecular weight excluding hydrogens is 389 g/mol. The van der Waals surface area contributed by atoms with Gasteiger partial charge in [-0.25, -0.2) is 9.29 Å². The number of hydrogen-bond acceptors (Lipinski definition) is 4. The number of halogens is 2. The highest BCUT2D eigenvalue weighted by Crippen LogP contribution is 2.47. The maximum absolute atomic E-state index is 15.2. The van der Waals surface area contributed by atoms with E-state index in [0.717, 1.165) is 29.9 Å². The number of rotatable bonds is 3. The normalized spacial score (nSPS) is 22.5. The van der Waals surface area contributed by atoms with E-state index >= 15 is 4.39 Å². The maximum atomic E-state index is 15.2. The molecule has 27 heavy (non-hydrogen) atoms. The van der Waals surface area contributed by atoms with Gasteiger partial charge in [-0.15, -0.1) is 11.8 Å². The SMILES string of the molecule is COc1c(F)c(N2C(=O)C3=C(CCCC3)C2=O)cc(C2C=CCCS2)c1Cl. The van der Waals surface area contributed by atoms with E-state index in [1.54, 1.807) is 11.8 Å². The Morgan fingerprint density at radius 1 is 1.22 bits per heavy atom. The lowest BCUT2D eigenvalue weighted by atomic mass is 9.93. The molecule has 0 bridgehead atoms. The molecule has 7 heteroatoms. The van der Waals surface area contributed by atoms with Crippen LogP contribution in [0.3, 0.4) is 0 Å². The van der Waals surface area contributed by atoms with Crippen molar-refractivity contribution in [3.8, 4) is 5.75 Å². The van der Waals surface area contributed by atoms with Crippen LogP contribution in [0.5, 0.6) is 5.75 Å². The summed E-state index contributed by atoms with van der Waals surface area (Å²) in [5.41, 5.74) is 1.62. The van der Waals surface area contributed by atoms with Crippen molar-refractivity contribution in [1.29, 1.82) is 0 Å². The Morgan fingerprint density at radius 3 is 2.44 bits per heavy atom. The zero-order valence-corrected chi connectivity index (χ0v) is 16.5. The fourth-order valence-electron chi connectivity index (χ4n) is 3.86. The number of carbonyl (C=O) groups excluding carboxylic acids is 2. The van der Waals surface area contributed by atoms with Gasteiger partial charge in [0.1, 0.15) is 0 Å². The summed E-state index contributed by atoms with van der Waals surface area (Å²) < 4.78 is 20.4. The predicted octanol–water partition coefficient (Wildman–Crippen LogP) is 4.97. The average molecular weight is 408 g/mol. The van der Waals surface area contributed by atoms with E-state index in [-0.39, 0.29) is 21.7 Å². The van der Waals surface area contributed by atoms with Gasteiger partial charge >= 0.3 is 0 Å². The molecule has 0 aromatic heterocycles. The molecule has 3 aliphatic rings. The van der Waals surface area contributed by atoms with Gasteiger partial charge in [0.2, 0.25) is 0 Å². The van der Waals surface area contributed by atoms with Crippen molar-refractivity contribution in [2.24, 2.45) is 0 Å². The number of methoxy groups -OCH3 is 1. The third-order valence-electron chi connectivity index (χ3n) is 5.20. The molecule has 1 atom stereocenters. The molecule has 0 fully saturated rings. The van der Waals surface area contributed by atoms with Crippen LogP contribution in [0.2, 0.25) is 5.02 Å². The summed E-state index contributed by atoms with van der Waals surface area (Å²) >= 11 is 8.09. The number of carbonyl (C=O) groups is 2. The predicted molar refractivity (Wildman–Crippen MR) is 105 cm³/mol. The van der Waals surface area contributed by atoms with Gasteiger partial charge in [-0.2, -0.15) is 0 Å². The first kappa shape index (κ1) is 18.6. The van der Waals surface area contributed by atoms with Crippen LogP contribution in [0, 0.1) is 5.82 Å². The Labute approximate surface area is 166 Å². The summed E-state index contributed by atoms with van der Waals surface area (Å²) in [5.74, 6) is -0.831. The van der Waals surface area contributed by atoms with Crippen molar-refractivity contribution in [1.82, 2.24) is 0 Å². The molecule has 142 valence electrons. The Kier molecular flexibility index (Phi) is 5.03. The molecule has 1 aliphatic carbocycles. The monoisotopic (exact) mass is 407 g/mol. The first-order chi connectivity index (χ1) is 13.0. The van der Waals surface area contributed by atoms with Gasteiger partial charge in [0.25, 0.3) is 11.8 Å². The van der Waals surface area contributed by atoms with Crippen molar-refractivity contribution >= 4 is 40.9 Å². The van der Waals surface area contributed by atoms with Gasteiger partial charge in [-0.05, 0) is 49.5 Å². The van der Waals surface area contributed by atoms with Crippen LogP contribution in [-0.2, 0) is 9.59 Å². The van der Waals surface area contributed by atoms with Crippen molar-refractivity contribution < 1.29 is 18.7 Å². The number of allylic oxidation sites excluding steroid dienone is 1. The second kappa shape index (κ2) is 7.32. The highest BCUT2D eigenvalue weighted by atomic mass is 35.5. The minimum atomic E-state index is -0.780. The average Bonchev–Trinajstić information content (AvgIpc) is 2.94. The molecule has 2 heterocycles. The minimum Gasteiger partial charge on any atom is -0.492 e. The van der Waals surface area contributed by atoms with Crippen LogP contribution in [0.25, 0.3) is 0 Å². The topological polar surface area (TPSA) is 46.6 Å². The van der Waals surface area contributed by atoms with E-state index in [1.807, 2.05) is 6.08 Å². The number of benzene rings is 1. The van der Waals surface area contributed by atoms with Gasteiger partial charge in [-0.3, -0.25) is 9.59 Å². The lowest BCUT2D eigenvalue weighted by Gasteiger charge is -2.23. The molecule has 0 radical (unpaired) electrons. The van der Waals surface area contributed by atoms with Crippen LogP contribution in [0.1, 0.15) is 42.9 Å². The van der Waals surface area contributed by atoms with Crippen molar-refractivity contribution in [2.45, 2.75) is 37.4 Å². The summed E-state index contributed by atoms with van der Waals surface area (Å²) in [6.45, 7) is 0. The summed E-state index contributed by atoms with van der Waals surface area (Å²) in [7, 11) is 1.33. The Morgan fingerprint density at radius 2 is 1.89 bits per heavy atom. The fraction of sp³-hybridized carbons (Fsp3) is 0.400. The molecule has 2 amide bonds. The first-order valence-electron chi connectivity index (χ1n) is 8.99. The van der Waals surface area contributed by atoms with Gasteiger partial charge in [0.15, 0.2) is 11.6 Å². The Balaban J connectivity index is 1.83. The Hall–Kier alpha value is -1.79. The third kappa shape index (κ3) is 2.99. The summed E-state index contributed by atoms with van der Waals surface area (Å²) in [5, 5.41) is 0.106. The van der Waals surface area contributed by atoms with Crippen LogP contribution in [-0.4, -0.2) is 24.7 Å². The largest absolute Gasteiger partial charge is 0.492 e. The van der Waals surface area contributed by atoms with Crippen LogP contribution in [0.15, 0.2) is 29.4 Å². The molecule has 0 spiro atoms. The highest BCUT2D eigenvalue weighted by molar-refractivity contribution is 7.99. The molecular formula is C20H19ClFNO3S. The fourth-order valence-corrected chi connectivity index (χ4v) is 5.37. The first-order valence-corrected chi connectivity index (χ1v) is 10.4. The van der Waals surface area contributed by atoms with Crippen LogP contribution < -0.4 is 9.64 Å². The lowest BCUT2D eigenvalue weighted by molar-refractivity contribution is -0.120. The number of amides is 2.